The fourth-order valence-electron chi connectivity index (χ4n) is 2.90. The van der Waals surface area contributed by atoms with Crippen molar-refractivity contribution >= 4 is 11.8 Å². The molecule has 2 amide bonds. The Labute approximate surface area is 139 Å². The highest BCUT2D eigenvalue weighted by atomic mass is 16.2. The third-order valence-electron chi connectivity index (χ3n) is 4.57. The molecular formula is C19H28N2O2. The summed E-state index contributed by atoms with van der Waals surface area (Å²) >= 11 is 0. The Morgan fingerprint density at radius 3 is 2.30 bits per heavy atom. The Hall–Kier alpha value is -1.84. The number of hydrogen-bond acceptors (Lipinski definition) is 2. The first-order valence-electron chi connectivity index (χ1n) is 8.82. The maximum atomic E-state index is 12.4. The van der Waals surface area contributed by atoms with Gasteiger partial charge in [-0.2, -0.15) is 0 Å². The summed E-state index contributed by atoms with van der Waals surface area (Å²) in [4.78, 5) is 24.6. The molecule has 4 heteroatoms. The molecule has 0 spiro atoms. The van der Waals surface area contributed by atoms with Crippen LogP contribution in [0.25, 0.3) is 0 Å². The summed E-state index contributed by atoms with van der Waals surface area (Å²) in [6.07, 6.45) is 7.88. The molecule has 0 aromatic heterocycles. The predicted octanol–water partition coefficient (Wildman–Crippen LogP) is 3.67. The molecule has 1 aromatic rings. The van der Waals surface area contributed by atoms with Crippen molar-refractivity contribution in [1.29, 1.82) is 0 Å². The third-order valence-corrected chi connectivity index (χ3v) is 4.57. The van der Waals surface area contributed by atoms with E-state index in [2.05, 4.69) is 10.6 Å². The highest BCUT2D eigenvalue weighted by molar-refractivity contribution is 5.99. The zero-order chi connectivity index (χ0) is 16.7. The summed E-state index contributed by atoms with van der Waals surface area (Å²) in [5, 5.41) is 6.05. The Bertz CT molecular complexity index is 534. The van der Waals surface area contributed by atoms with Crippen LogP contribution in [0.3, 0.4) is 0 Å². The molecule has 1 aliphatic carbocycles. The molecule has 0 bridgehead atoms. The van der Waals surface area contributed by atoms with E-state index in [9.17, 15) is 9.59 Å². The van der Waals surface area contributed by atoms with Crippen molar-refractivity contribution in [2.75, 3.05) is 0 Å². The lowest BCUT2D eigenvalue weighted by Crippen LogP contribution is -2.35. The van der Waals surface area contributed by atoms with Crippen LogP contribution in [0.15, 0.2) is 24.3 Å². The quantitative estimate of drug-likeness (QED) is 0.814. The maximum Gasteiger partial charge on any atom is 0.251 e. The average molecular weight is 316 g/mol. The second-order valence-corrected chi connectivity index (χ2v) is 6.53. The van der Waals surface area contributed by atoms with Gasteiger partial charge in [-0.25, -0.2) is 0 Å². The average Bonchev–Trinajstić information content (AvgIpc) is 2.83. The number of benzene rings is 1. The number of amides is 2. The summed E-state index contributed by atoms with van der Waals surface area (Å²) in [5.41, 5.74) is 1.10. The minimum Gasteiger partial charge on any atom is -0.350 e. The maximum absolute atomic E-state index is 12.4. The Balaban J connectivity index is 2.00. The van der Waals surface area contributed by atoms with Crippen LogP contribution in [0.2, 0.25) is 0 Å². The monoisotopic (exact) mass is 316 g/mol. The standard InChI is InChI=1S/C19H28N2O2/c1-3-14(2)20-18(22)15-9-8-10-16(13-15)19(23)21-17-11-6-4-5-7-12-17/h8-10,13-14,17H,3-7,11-12H2,1-2H3,(H,20,22)(H,21,23). The molecule has 0 saturated heterocycles. The van der Waals surface area contributed by atoms with Crippen LogP contribution in [-0.4, -0.2) is 23.9 Å². The Kier molecular flexibility index (Phi) is 6.63. The second-order valence-electron chi connectivity index (χ2n) is 6.53. The molecule has 23 heavy (non-hydrogen) atoms. The molecule has 1 unspecified atom stereocenters. The minimum atomic E-state index is -0.122. The zero-order valence-corrected chi connectivity index (χ0v) is 14.2. The van der Waals surface area contributed by atoms with Gasteiger partial charge in [0.25, 0.3) is 11.8 Å². The lowest BCUT2D eigenvalue weighted by atomic mass is 10.1. The normalized spacial score (nSPS) is 17.1. The fourth-order valence-corrected chi connectivity index (χ4v) is 2.90. The fraction of sp³-hybridized carbons (Fsp3) is 0.579. The molecule has 1 fully saturated rings. The van der Waals surface area contributed by atoms with Crippen LogP contribution >= 0.6 is 0 Å². The van der Waals surface area contributed by atoms with Gasteiger partial charge in [-0.05, 0) is 44.4 Å². The van der Waals surface area contributed by atoms with Crippen molar-refractivity contribution in [1.82, 2.24) is 10.6 Å². The smallest absolute Gasteiger partial charge is 0.251 e. The van der Waals surface area contributed by atoms with Gasteiger partial charge >= 0.3 is 0 Å². The number of hydrogen-bond donors (Lipinski definition) is 2. The lowest BCUT2D eigenvalue weighted by Gasteiger charge is -2.16. The minimum absolute atomic E-state index is 0.0740. The van der Waals surface area contributed by atoms with Gasteiger partial charge in [-0.15, -0.1) is 0 Å². The van der Waals surface area contributed by atoms with Crippen molar-refractivity contribution in [3.8, 4) is 0 Å². The zero-order valence-electron chi connectivity index (χ0n) is 14.2. The van der Waals surface area contributed by atoms with Gasteiger partial charge in [0.1, 0.15) is 0 Å². The van der Waals surface area contributed by atoms with Gasteiger partial charge in [-0.3, -0.25) is 9.59 Å². The molecular weight excluding hydrogens is 288 g/mol. The van der Waals surface area contributed by atoms with Gasteiger partial charge in [-0.1, -0.05) is 38.7 Å². The van der Waals surface area contributed by atoms with Gasteiger partial charge in [0.2, 0.25) is 0 Å². The van der Waals surface area contributed by atoms with Crippen molar-refractivity contribution < 1.29 is 9.59 Å². The van der Waals surface area contributed by atoms with Gasteiger partial charge in [0.05, 0.1) is 0 Å². The van der Waals surface area contributed by atoms with Crippen LogP contribution in [0.1, 0.15) is 79.5 Å². The van der Waals surface area contributed by atoms with E-state index in [1.807, 2.05) is 13.8 Å². The molecule has 0 aliphatic heterocycles. The van der Waals surface area contributed by atoms with E-state index in [1.165, 1.54) is 25.7 Å². The van der Waals surface area contributed by atoms with E-state index >= 15 is 0 Å². The molecule has 126 valence electrons. The number of carbonyl (C=O) groups is 2. The molecule has 2 rings (SSSR count). The predicted molar refractivity (Wildman–Crippen MR) is 92.6 cm³/mol. The molecule has 1 aliphatic rings. The van der Waals surface area contributed by atoms with E-state index in [-0.39, 0.29) is 23.9 Å². The second kappa shape index (κ2) is 8.70. The number of nitrogens with one attached hydrogen (secondary N) is 2. The molecule has 2 N–H and O–H groups in total. The Morgan fingerprint density at radius 2 is 1.70 bits per heavy atom. The van der Waals surface area contributed by atoms with E-state index in [0.717, 1.165) is 19.3 Å². The molecule has 4 nitrogen and oxygen atoms in total. The summed E-state index contributed by atoms with van der Waals surface area (Å²) < 4.78 is 0. The van der Waals surface area contributed by atoms with Crippen molar-refractivity contribution in [3.05, 3.63) is 35.4 Å². The van der Waals surface area contributed by atoms with E-state index in [4.69, 9.17) is 0 Å². The van der Waals surface area contributed by atoms with E-state index < -0.39 is 0 Å². The molecule has 1 aromatic carbocycles. The number of carbonyl (C=O) groups excluding carboxylic acids is 2. The van der Waals surface area contributed by atoms with Crippen LogP contribution in [0, 0.1) is 0 Å². The highest BCUT2D eigenvalue weighted by Crippen LogP contribution is 2.18. The van der Waals surface area contributed by atoms with E-state index in [0.29, 0.717) is 11.1 Å². The van der Waals surface area contributed by atoms with Crippen LogP contribution < -0.4 is 10.6 Å². The van der Waals surface area contributed by atoms with Crippen molar-refractivity contribution in [3.63, 3.8) is 0 Å². The summed E-state index contributed by atoms with van der Waals surface area (Å²) in [6.45, 7) is 4.00. The van der Waals surface area contributed by atoms with Crippen LogP contribution in [-0.2, 0) is 0 Å². The summed E-state index contributed by atoms with van der Waals surface area (Å²) in [5.74, 6) is -0.196. The van der Waals surface area contributed by atoms with Crippen LogP contribution in [0.5, 0.6) is 0 Å². The number of rotatable bonds is 5. The molecule has 0 heterocycles. The molecule has 1 saturated carbocycles. The molecule has 0 radical (unpaired) electrons. The topological polar surface area (TPSA) is 58.2 Å². The van der Waals surface area contributed by atoms with Gasteiger partial charge in [0, 0.05) is 23.2 Å². The van der Waals surface area contributed by atoms with Crippen LogP contribution in [0.4, 0.5) is 0 Å². The van der Waals surface area contributed by atoms with E-state index in [1.54, 1.807) is 24.3 Å². The molecule has 1 atom stereocenters. The Morgan fingerprint density at radius 1 is 1.09 bits per heavy atom. The summed E-state index contributed by atoms with van der Waals surface area (Å²) in [7, 11) is 0. The summed E-state index contributed by atoms with van der Waals surface area (Å²) in [6, 6.07) is 7.37. The third kappa shape index (κ3) is 5.38. The van der Waals surface area contributed by atoms with Crippen molar-refractivity contribution in [2.45, 2.75) is 70.9 Å². The first kappa shape index (κ1) is 17.5. The first-order chi connectivity index (χ1) is 11.1. The van der Waals surface area contributed by atoms with Crippen molar-refractivity contribution in [2.24, 2.45) is 0 Å². The lowest BCUT2D eigenvalue weighted by molar-refractivity contribution is 0.0933. The SMILES string of the molecule is CCC(C)NC(=O)c1cccc(C(=O)NC2CCCCCC2)c1. The first-order valence-corrected chi connectivity index (χ1v) is 8.82. The van der Waals surface area contributed by atoms with Gasteiger partial charge in [0.15, 0.2) is 0 Å². The van der Waals surface area contributed by atoms with Gasteiger partial charge < -0.3 is 10.6 Å². The highest BCUT2D eigenvalue weighted by Gasteiger charge is 2.17. The largest absolute Gasteiger partial charge is 0.350 e.